The molecule has 1 atom stereocenters. The lowest BCUT2D eigenvalue weighted by molar-refractivity contribution is 0.0947. The Morgan fingerprint density at radius 1 is 1.11 bits per heavy atom. The smallest absolute Gasteiger partial charge is 0.407 e. The first kappa shape index (κ1) is 18.8. The highest BCUT2D eigenvalue weighted by molar-refractivity contribution is 5.68. The van der Waals surface area contributed by atoms with E-state index >= 15 is 0 Å². The van der Waals surface area contributed by atoms with Crippen molar-refractivity contribution in [1.82, 2.24) is 10.2 Å². The van der Waals surface area contributed by atoms with Crippen LogP contribution in [0.15, 0.2) is 24.3 Å². The fraction of sp³-hybridized carbons (Fsp3) is 0.696. The van der Waals surface area contributed by atoms with Gasteiger partial charge >= 0.3 is 6.09 Å². The van der Waals surface area contributed by atoms with Gasteiger partial charge in [0.25, 0.3) is 0 Å². The Bertz CT molecular complexity index is 650. The molecule has 0 bridgehead atoms. The van der Waals surface area contributed by atoms with Crippen LogP contribution in [0.5, 0.6) is 0 Å². The van der Waals surface area contributed by atoms with Crippen molar-refractivity contribution < 1.29 is 11.0 Å². The Hall–Kier alpha value is -1.55. The summed E-state index contributed by atoms with van der Waals surface area (Å²) in [4.78, 5) is 14.6. The maximum absolute atomic E-state index is 11.8. The molecule has 1 N–H and O–H groups in total. The highest BCUT2D eigenvalue weighted by Gasteiger charge is 2.46. The van der Waals surface area contributed by atoms with Crippen molar-refractivity contribution in [3.05, 3.63) is 35.4 Å². The van der Waals surface area contributed by atoms with E-state index in [1.807, 2.05) is 0 Å². The summed E-state index contributed by atoms with van der Waals surface area (Å²) in [5.41, 5.74) is 2.98. The van der Waals surface area contributed by atoms with Gasteiger partial charge in [0.1, 0.15) is 0 Å². The predicted octanol–water partition coefficient (Wildman–Crippen LogP) is 5.18. The molecule has 2 fully saturated rings. The van der Waals surface area contributed by atoms with Gasteiger partial charge in [-0.05, 0) is 56.3 Å². The van der Waals surface area contributed by atoms with Crippen molar-refractivity contribution in [2.24, 2.45) is 0 Å². The number of amides is 1. The third-order valence-corrected chi connectivity index (χ3v) is 7.33. The van der Waals surface area contributed by atoms with Crippen molar-refractivity contribution in [2.75, 3.05) is 20.2 Å². The average molecular weight is 373 g/mol. The molecule has 1 saturated carbocycles. The fourth-order valence-electron chi connectivity index (χ4n) is 5.81. The minimum Gasteiger partial charge on any atom is -0.453 e. The third kappa shape index (κ3) is 3.87. The van der Waals surface area contributed by atoms with Crippen molar-refractivity contribution in [3.63, 3.8) is 0 Å². The first-order valence-corrected chi connectivity index (χ1v) is 10.9. The number of carbonyl (C=O) groups excluding carboxylic acids is 1. The van der Waals surface area contributed by atoms with Gasteiger partial charge in [0.15, 0.2) is 0 Å². The van der Waals surface area contributed by atoms with Crippen molar-refractivity contribution in [2.45, 2.75) is 81.7 Å². The monoisotopic (exact) mass is 372 g/mol. The van der Waals surface area contributed by atoms with Crippen LogP contribution in [0.2, 0.25) is 0 Å². The Labute approximate surface area is 165 Å². The molecular formula is C23H36N2O2. The van der Waals surface area contributed by atoms with Crippen molar-refractivity contribution in [1.29, 1.82) is 0 Å². The molecule has 27 heavy (non-hydrogen) atoms. The van der Waals surface area contributed by atoms with Gasteiger partial charge in [-0.1, -0.05) is 56.4 Å². The second kappa shape index (κ2) is 8.22. The topological polar surface area (TPSA) is 41.6 Å². The number of benzene rings is 1. The van der Waals surface area contributed by atoms with Crippen LogP contribution in [-0.2, 0) is 10.2 Å². The van der Waals surface area contributed by atoms with E-state index in [4.69, 9.17) is 4.74 Å². The molecular weight excluding hydrogens is 336 g/mol. The summed E-state index contributed by atoms with van der Waals surface area (Å²) in [7, 11) is 1.44. The number of ether oxygens (including phenoxy) is 1. The Balaban J connectivity index is 0.00000225. The molecule has 0 radical (unpaired) electrons. The van der Waals surface area contributed by atoms with E-state index in [1.54, 1.807) is 0 Å². The number of hydrogen-bond donors (Lipinski definition) is 1. The highest BCUT2D eigenvalue weighted by atomic mass is 16.5. The number of piperidine rings is 1. The van der Waals surface area contributed by atoms with Crippen molar-refractivity contribution >= 4 is 6.09 Å². The lowest BCUT2D eigenvalue weighted by Crippen LogP contribution is -2.46. The van der Waals surface area contributed by atoms with Crippen LogP contribution < -0.4 is 5.32 Å². The van der Waals surface area contributed by atoms with Crippen LogP contribution in [0, 0.1) is 0 Å². The fourth-order valence-corrected chi connectivity index (χ4v) is 5.81. The van der Waals surface area contributed by atoms with Gasteiger partial charge in [-0.2, -0.15) is 0 Å². The summed E-state index contributed by atoms with van der Waals surface area (Å²) in [5, 5.41) is 3.07. The molecule has 0 unspecified atom stereocenters. The summed E-state index contributed by atoms with van der Waals surface area (Å²) >= 11 is 0. The summed E-state index contributed by atoms with van der Waals surface area (Å²) in [5.74, 6) is 0. The molecule has 150 valence electrons. The number of nitrogens with one attached hydrogen (secondary N) is 1. The second-order valence-electron chi connectivity index (χ2n) is 8.80. The Kier molecular flexibility index (Phi) is 5.72. The van der Waals surface area contributed by atoms with Gasteiger partial charge in [-0.15, -0.1) is 0 Å². The summed E-state index contributed by atoms with van der Waals surface area (Å²) < 4.78 is 4.86. The first-order valence-electron chi connectivity index (χ1n) is 10.9. The van der Waals surface area contributed by atoms with Gasteiger partial charge in [0, 0.05) is 12.9 Å². The van der Waals surface area contributed by atoms with E-state index in [9.17, 15) is 4.79 Å². The van der Waals surface area contributed by atoms with Crippen LogP contribution in [-0.4, -0.2) is 37.2 Å². The largest absolute Gasteiger partial charge is 0.453 e. The molecule has 1 spiro atoms. The van der Waals surface area contributed by atoms with Gasteiger partial charge < -0.3 is 15.0 Å². The number of methoxy groups -OCH3 is 1. The molecule has 2 aliphatic carbocycles. The molecule has 1 saturated heterocycles. The average Bonchev–Trinajstić information content (AvgIpc) is 2.96. The number of hydrogen-bond acceptors (Lipinski definition) is 3. The second-order valence-corrected chi connectivity index (χ2v) is 8.80. The number of fused-ring (bicyclic) bond motifs is 2. The van der Waals surface area contributed by atoms with E-state index < -0.39 is 0 Å². The van der Waals surface area contributed by atoms with Crippen LogP contribution >= 0.6 is 0 Å². The lowest BCUT2D eigenvalue weighted by atomic mass is 9.73. The number of likely N-dealkylation sites (tertiary alicyclic amines) is 1. The molecule has 4 nitrogen and oxygen atoms in total. The molecule has 0 aromatic heterocycles. The van der Waals surface area contributed by atoms with E-state index in [1.165, 1.54) is 89.1 Å². The van der Waals surface area contributed by atoms with Gasteiger partial charge in [-0.3, -0.25) is 0 Å². The summed E-state index contributed by atoms with van der Waals surface area (Å²) in [6, 6.07) is 9.60. The van der Waals surface area contributed by atoms with E-state index in [2.05, 4.69) is 34.5 Å². The van der Waals surface area contributed by atoms with E-state index in [0.717, 1.165) is 12.5 Å². The normalized spacial score (nSPS) is 26.2. The molecule has 1 amide bonds. The van der Waals surface area contributed by atoms with Crippen LogP contribution in [0.3, 0.4) is 0 Å². The molecule has 4 heteroatoms. The Morgan fingerprint density at radius 3 is 2.48 bits per heavy atom. The zero-order valence-electron chi connectivity index (χ0n) is 16.7. The van der Waals surface area contributed by atoms with Crippen molar-refractivity contribution in [3.8, 4) is 0 Å². The number of nitrogens with zero attached hydrogens (tertiary/aromatic N) is 1. The molecule has 1 aliphatic heterocycles. The maximum Gasteiger partial charge on any atom is 0.407 e. The molecule has 3 aliphatic rings. The Morgan fingerprint density at radius 2 is 1.78 bits per heavy atom. The minimum absolute atomic E-state index is 0. The summed E-state index contributed by atoms with van der Waals surface area (Å²) in [6.45, 7) is 2.40. The number of rotatable bonds is 2. The standard InChI is InChI=1S/C23H34N2O2.H2/c1-27-22(26)24-21-17-23(20-12-8-7-11-19(20)21)13-15-25(16-14-23)18-9-5-3-2-4-6-10-18;/h7-8,11-12,18,21H,2-6,9-10,13-17H2,1H3,(H,24,26);1H/t21-;/m0./s1. The van der Waals surface area contributed by atoms with E-state index in [-0.39, 0.29) is 19.0 Å². The third-order valence-electron chi connectivity index (χ3n) is 7.33. The first-order chi connectivity index (χ1) is 13.2. The van der Waals surface area contributed by atoms with Crippen LogP contribution in [0.25, 0.3) is 0 Å². The summed E-state index contributed by atoms with van der Waals surface area (Å²) in [6.07, 6.45) is 13.0. The van der Waals surface area contributed by atoms with E-state index in [0.29, 0.717) is 0 Å². The zero-order valence-corrected chi connectivity index (χ0v) is 16.7. The number of alkyl carbamates (subject to hydrolysis) is 1. The van der Waals surface area contributed by atoms with Gasteiger partial charge in [0.2, 0.25) is 0 Å². The zero-order chi connectivity index (χ0) is 18.7. The quantitative estimate of drug-likeness (QED) is 0.778. The SMILES string of the molecule is COC(=O)N[C@H]1CC2(CCN(C3CCCCCCC3)CC2)c2ccccc21.[HH]. The predicted molar refractivity (Wildman–Crippen MR) is 110 cm³/mol. The lowest BCUT2D eigenvalue weighted by Gasteiger charge is -2.44. The highest BCUT2D eigenvalue weighted by Crippen LogP contribution is 2.51. The maximum atomic E-state index is 11.8. The van der Waals surface area contributed by atoms with Crippen LogP contribution in [0.1, 0.15) is 82.8 Å². The number of carbonyl (C=O) groups is 1. The van der Waals surface area contributed by atoms with Gasteiger partial charge in [0.05, 0.1) is 13.2 Å². The molecule has 4 rings (SSSR count). The van der Waals surface area contributed by atoms with Gasteiger partial charge in [-0.25, -0.2) is 4.79 Å². The molecule has 1 heterocycles. The molecule has 1 aromatic carbocycles. The molecule has 1 aromatic rings. The minimum atomic E-state index is -0.321. The van der Waals surface area contributed by atoms with Crippen LogP contribution in [0.4, 0.5) is 4.79 Å².